The van der Waals surface area contributed by atoms with Crippen LogP contribution in [0.15, 0.2) is 6.20 Å². The molecule has 1 aromatic heterocycles. The summed E-state index contributed by atoms with van der Waals surface area (Å²) in [5.41, 5.74) is 0.403. The molecule has 1 N–H and O–H groups in total. The van der Waals surface area contributed by atoms with Crippen molar-refractivity contribution in [1.29, 1.82) is 0 Å². The average Bonchev–Trinajstić information content (AvgIpc) is 2.70. The minimum Gasteiger partial charge on any atom is -0.480 e. The first-order valence-electron chi connectivity index (χ1n) is 5.50. The number of hydrogen-bond acceptors (Lipinski definition) is 5. The van der Waals surface area contributed by atoms with Crippen molar-refractivity contribution in [3.05, 3.63) is 11.9 Å². The highest BCUT2D eigenvalue weighted by atomic mass is 16.4. The third-order valence-corrected chi connectivity index (χ3v) is 2.59. The van der Waals surface area contributed by atoms with Gasteiger partial charge in [-0.05, 0) is 6.42 Å². The van der Waals surface area contributed by atoms with Crippen molar-refractivity contribution in [2.75, 3.05) is 0 Å². The number of nitrogens with zero attached hydrogens (tertiary/aromatic N) is 4. The Morgan fingerprint density at radius 1 is 1.33 bits per heavy atom. The number of aromatic nitrogens is 3. The molecule has 0 saturated carbocycles. The number of piperidine rings is 1. The number of carbonyl (C=O) groups is 3. The monoisotopic (exact) mass is 252 g/mol. The fourth-order valence-corrected chi connectivity index (χ4v) is 1.77. The Hall–Kier alpha value is -2.25. The second-order valence-electron chi connectivity index (χ2n) is 4.03. The van der Waals surface area contributed by atoms with Gasteiger partial charge in [0.1, 0.15) is 12.2 Å². The van der Waals surface area contributed by atoms with Gasteiger partial charge in [-0.25, -0.2) is 4.68 Å². The van der Waals surface area contributed by atoms with E-state index in [-0.39, 0.29) is 24.9 Å². The summed E-state index contributed by atoms with van der Waals surface area (Å²) >= 11 is 0. The second-order valence-corrected chi connectivity index (χ2v) is 4.03. The molecule has 0 radical (unpaired) electrons. The first kappa shape index (κ1) is 12.2. The standard InChI is InChI=1S/C10H12N4O4/c15-8-2-1-3-9(16)14(8)5-7-4-13(12-11-7)6-10(17)18/h4H,1-3,5-6H2,(H,17,18). The molecule has 0 unspecified atom stereocenters. The molecule has 1 aliphatic rings. The molecule has 1 fully saturated rings. The maximum absolute atomic E-state index is 11.5. The molecule has 2 rings (SSSR count). The molecule has 96 valence electrons. The topological polar surface area (TPSA) is 105 Å². The van der Waals surface area contributed by atoms with E-state index in [2.05, 4.69) is 10.3 Å². The Kier molecular flexibility index (Phi) is 3.35. The Morgan fingerprint density at radius 2 is 2.00 bits per heavy atom. The smallest absolute Gasteiger partial charge is 0.325 e. The van der Waals surface area contributed by atoms with E-state index in [1.54, 1.807) is 0 Å². The van der Waals surface area contributed by atoms with Crippen LogP contribution in [0.25, 0.3) is 0 Å². The first-order chi connectivity index (χ1) is 8.56. The van der Waals surface area contributed by atoms with E-state index in [0.717, 1.165) is 9.58 Å². The molecule has 0 aliphatic carbocycles. The van der Waals surface area contributed by atoms with Crippen LogP contribution in [0.5, 0.6) is 0 Å². The largest absolute Gasteiger partial charge is 0.480 e. The van der Waals surface area contributed by atoms with Gasteiger partial charge in [-0.2, -0.15) is 0 Å². The number of likely N-dealkylation sites (tertiary alicyclic amines) is 1. The molecule has 8 nitrogen and oxygen atoms in total. The van der Waals surface area contributed by atoms with Crippen LogP contribution in [0.4, 0.5) is 0 Å². The fraction of sp³-hybridized carbons (Fsp3) is 0.500. The van der Waals surface area contributed by atoms with Crippen LogP contribution in [0.2, 0.25) is 0 Å². The van der Waals surface area contributed by atoms with Crippen molar-refractivity contribution in [2.45, 2.75) is 32.4 Å². The summed E-state index contributed by atoms with van der Waals surface area (Å²) in [6.07, 6.45) is 2.72. The van der Waals surface area contributed by atoms with Gasteiger partial charge in [0.25, 0.3) is 0 Å². The summed E-state index contributed by atoms with van der Waals surface area (Å²) < 4.78 is 1.15. The summed E-state index contributed by atoms with van der Waals surface area (Å²) in [4.78, 5) is 34.7. The number of imide groups is 1. The number of aliphatic carboxylic acids is 1. The van der Waals surface area contributed by atoms with Crippen LogP contribution in [-0.2, 0) is 27.5 Å². The first-order valence-corrected chi connectivity index (χ1v) is 5.50. The summed E-state index contributed by atoms with van der Waals surface area (Å²) in [6, 6.07) is 0. The molecule has 2 heterocycles. The Labute approximate surface area is 102 Å². The van der Waals surface area contributed by atoms with E-state index in [0.29, 0.717) is 25.0 Å². The van der Waals surface area contributed by atoms with E-state index >= 15 is 0 Å². The van der Waals surface area contributed by atoms with Crippen LogP contribution in [-0.4, -0.2) is 42.8 Å². The van der Waals surface area contributed by atoms with Crippen molar-refractivity contribution in [1.82, 2.24) is 19.9 Å². The molecule has 2 amide bonds. The fourth-order valence-electron chi connectivity index (χ4n) is 1.77. The van der Waals surface area contributed by atoms with Gasteiger partial charge in [-0.1, -0.05) is 5.21 Å². The number of rotatable bonds is 4. The quantitative estimate of drug-likeness (QED) is 0.717. The van der Waals surface area contributed by atoms with Crippen molar-refractivity contribution >= 4 is 17.8 Å². The van der Waals surface area contributed by atoms with Gasteiger partial charge in [-0.3, -0.25) is 19.3 Å². The number of carboxylic acid groups (broad SMARTS) is 1. The molecule has 1 saturated heterocycles. The SMILES string of the molecule is O=C(O)Cn1cc(CN2C(=O)CCCC2=O)nn1. The predicted octanol–water partition coefficient (Wildman–Crippen LogP) is -0.598. The lowest BCUT2D eigenvalue weighted by Gasteiger charge is -2.23. The molecule has 0 aromatic carbocycles. The summed E-state index contributed by atoms with van der Waals surface area (Å²) in [6.45, 7) is -0.244. The highest BCUT2D eigenvalue weighted by molar-refractivity contribution is 5.97. The number of carboxylic acids is 1. The Morgan fingerprint density at radius 3 is 2.61 bits per heavy atom. The third-order valence-electron chi connectivity index (χ3n) is 2.59. The molecule has 0 atom stereocenters. The van der Waals surface area contributed by atoms with Crippen LogP contribution in [0.3, 0.4) is 0 Å². The van der Waals surface area contributed by atoms with E-state index in [1.807, 2.05) is 0 Å². The minimum atomic E-state index is -1.03. The number of carbonyl (C=O) groups excluding carboxylic acids is 2. The van der Waals surface area contributed by atoms with E-state index in [9.17, 15) is 14.4 Å². The lowest BCUT2D eigenvalue weighted by Crippen LogP contribution is -2.39. The van der Waals surface area contributed by atoms with Crippen molar-refractivity contribution in [3.63, 3.8) is 0 Å². The van der Waals surface area contributed by atoms with Gasteiger partial charge in [0.2, 0.25) is 11.8 Å². The summed E-state index contributed by atoms with van der Waals surface area (Å²) in [7, 11) is 0. The van der Waals surface area contributed by atoms with Gasteiger partial charge < -0.3 is 5.11 Å². The van der Waals surface area contributed by atoms with Crippen LogP contribution < -0.4 is 0 Å². The van der Waals surface area contributed by atoms with Crippen LogP contribution >= 0.6 is 0 Å². The molecular weight excluding hydrogens is 240 g/mol. The number of hydrogen-bond donors (Lipinski definition) is 1. The average molecular weight is 252 g/mol. The summed E-state index contributed by atoms with van der Waals surface area (Å²) in [5.74, 6) is -1.48. The normalized spacial score (nSPS) is 16.1. The van der Waals surface area contributed by atoms with E-state index < -0.39 is 5.97 Å². The number of amides is 2. The molecule has 0 spiro atoms. The van der Waals surface area contributed by atoms with Gasteiger partial charge in [0.05, 0.1) is 12.7 Å². The molecule has 18 heavy (non-hydrogen) atoms. The minimum absolute atomic E-state index is 0.0529. The molecule has 8 heteroatoms. The predicted molar refractivity (Wildman–Crippen MR) is 57.1 cm³/mol. The van der Waals surface area contributed by atoms with Crippen molar-refractivity contribution in [2.24, 2.45) is 0 Å². The molecular formula is C10H12N4O4. The van der Waals surface area contributed by atoms with Crippen LogP contribution in [0.1, 0.15) is 25.0 Å². The maximum Gasteiger partial charge on any atom is 0.325 e. The van der Waals surface area contributed by atoms with Crippen LogP contribution in [0, 0.1) is 0 Å². The zero-order valence-corrected chi connectivity index (χ0v) is 9.57. The molecule has 0 bridgehead atoms. The Balaban J connectivity index is 2.04. The zero-order chi connectivity index (χ0) is 13.1. The second kappa shape index (κ2) is 4.94. The van der Waals surface area contributed by atoms with Gasteiger partial charge in [0, 0.05) is 12.8 Å². The molecule has 1 aromatic rings. The van der Waals surface area contributed by atoms with Crippen molar-refractivity contribution < 1.29 is 19.5 Å². The lowest BCUT2D eigenvalue weighted by atomic mass is 10.1. The van der Waals surface area contributed by atoms with Gasteiger partial charge in [-0.15, -0.1) is 5.10 Å². The Bertz CT molecular complexity index is 480. The van der Waals surface area contributed by atoms with Gasteiger partial charge in [0.15, 0.2) is 0 Å². The highest BCUT2D eigenvalue weighted by Crippen LogP contribution is 2.14. The van der Waals surface area contributed by atoms with Gasteiger partial charge >= 0.3 is 5.97 Å². The maximum atomic E-state index is 11.5. The zero-order valence-electron chi connectivity index (χ0n) is 9.57. The summed E-state index contributed by atoms with van der Waals surface area (Å²) in [5, 5.41) is 15.9. The van der Waals surface area contributed by atoms with Crippen molar-refractivity contribution in [3.8, 4) is 0 Å². The highest BCUT2D eigenvalue weighted by Gasteiger charge is 2.26. The van der Waals surface area contributed by atoms with E-state index in [1.165, 1.54) is 6.20 Å². The third kappa shape index (κ3) is 2.70. The van der Waals surface area contributed by atoms with E-state index in [4.69, 9.17) is 5.11 Å². The molecule has 1 aliphatic heterocycles. The lowest BCUT2D eigenvalue weighted by molar-refractivity contribution is -0.148.